The van der Waals surface area contributed by atoms with E-state index in [-0.39, 0.29) is 8.03 Å². The van der Waals surface area contributed by atoms with Crippen LogP contribution in [0, 0.1) is 0 Å². The first kappa shape index (κ1) is 7.01. The lowest BCUT2D eigenvalue weighted by atomic mass is 10.6. The van der Waals surface area contributed by atoms with Gasteiger partial charge in [0.1, 0.15) is 0 Å². The predicted octanol–water partition coefficient (Wildman–Crippen LogP) is 0.734. The Labute approximate surface area is 49.1 Å². The predicted molar refractivity (Wildman–Crippen MR) is 29.5 cm³/mol. The van der Waals surface area contributed by atoms with Crippen LogP contribution in [0.5, 0.6) is 0 Å². The van der Waals surface area contributed by atoms with Crippen molar-refractivity contribution >= 4 is 5.97 Å². The molecule has 0 spiro atoms. The molecule has 0 heterocycles. The number of aliphatic hydroxyl groups is 1. The van der Waals surface area contributed by atoms with Crippen LogP contribution in [0.15, 0.2) is 12.3 Å². The molecule has 0 amide bonds. The van der Waals surface area contributed by atoms with Gasteiger partial charge in [0.15, 0.2) is 5.76 Å². The highest BCUT2D eigenvalue weighted by atomic mass is 16.5. The van der Waals surface area contributed by atoms with E-state index in [1.54, 1.807) is 6.92 Å². The smallest absolute Gasteiger partial charge is 0.502 e. The lowest BCUT2D eigenvalue weighted by Gasteiger charge is -1.95. The number of esters is 1. The molecule has 8 heavy (non-hydrogen) atoms. The lowest BCUT2D eigenvalue weighted by Crippen LogP contribution is -2.05. The van der Waals surface area contributed by atoms with Gasteiger partial charge in [-0.25, -0.2) is 4.79 Å². The van der Waals surface area contributed by atoms with Gasteiger partial charge in [-0.15, -0.1) is 0 Å². The van der Waals surface area contributed by atoms with Gasteiger partial charge in [0, 0.05) is 0 Å². The highest BCUT2D eigenvalue weighted by molar-refractivity contribution is 5.84. The Hall–Kier alpha value is -0.990. The summed E-state index contributed by atoms with van der Waals surface area (Å²) in [6.45, 7) is 4.87. The molecule has 0 aliphatic rings. The van der Waals surface area contributed by atoms with Crippen molar-refractivity contribution in [3.63, 3.8) is 0 Å². The van der Waals surface area contributed by atoms with Gasteiger partial charge in [0.2, 0.25) is 0 Å². The van der Waals surface area contributed by atoms with Crippen LogP contribution in [0.25, 0.3) is 0 Å². The van der Waals surface area contributed by atoms with Crippen molar-refractivity contribution in [1.82, 2.24) is 0 Å². The molecule has 0 aromatic heterocycles. The number of ether oxygens (including phenoxy) is 1. The quantitative estimate of drug-likeness (QED) is 0.329. The van der Waals surface area contributed by atoms with E-state index in [0.717, 1.165) is 0 Å². The molecule has 0 unspecified atom stereocenters. The highest BCUT2D eigenvalue weighted by Crippen LogP contribution is 1.85. The van der Waals surface area contributed by atoms with Crippen LogP contribution in [0.1, 0.15) is 8.35 Å². The van der Waals surface area contributed by atoms with E-state index in [4.69, 9.17) is 5.11 Å². The normalized spacial score (nSPS) is 8.12. The van der Waals surface area contributed by atoms with Gasteiger partial charge in [-0.3, -0.25) is 0 Å². The lowest BCUT2D eigenvalue weighted by molar-refractivity contribution is -0.141. The summed E-state index contributed by atoms with van der Waals surface area (Å²) in [4.78, 5) is 10.2. The number of carbonyl (C=O) groups excluding carboxylic acids is 1. The second-order valence-electron chi connectivity index (χ2n) is 1.17. The Bertz CT molecular complexity index is 111. The Kier molecular flexibility index (Phi) is 2.69. The van der Waals surface area contributed by atoms with Crippen LogP contribution in [0.2, 0.25) is 0 Å². The second kappa shape index (κ2) is 3.07. The molecule has 0 saturated heterocycles. The molecule has 0 radical (unpaired) electrons. The van der Waals surface area contributed by atoms with Crippen molar-refractivity contribution in [3.8, 4) is 0 Å². The number of aliphatic hydroxyl groups excluding tert-OH is 1. The maximum Gasteiger partial charge on any atom is 1.00 e. The third-order valence-electron chi connectivity index (χ3n) is 0.511. The van der Waals surface area contributed by atoms with Gasteiger partial charge >= 0.3 is 7.40 Å². The average Bonchev–Trinajstić information content (AvgIpc) is 1.67. The molecule has 46 valence electrons. The summed E-state index contributed by atoms with van der Waals surface area (Å²) in [5.41, 5.74) is 0. The van der Waals surface area contributed by atoms with Crippen molar-refractivity contribution < 1.29 is 16.1 Å². The molecule has 3 nitrogen and oxygen atoms in total. The van der Waals surface area contributed by atoms with Crippen molar-refractivity contribution in [2.45, 2.75) is 6.92 Å². The monoisotopic (exact) mass is 117 g/mol. The Morgan fingerprint density at radius 1 is 2.00 bits per heavy atom. The molecule has 0 aliphatic heterocycles. The van der Waals surface area contributed by atoms with Crippen LogP contribution < -0.4 is 0 Å². The number of hydrogen-bond acceptors (Lipinski definition) is 3. The molecular formula is C5H9O3+. The fraction of sp³-hybridized carbons (Fsp3) is 0.400. The number of rotatable bonds is 2. The first-order valence-electron chi connectivity index (χ1n) is 2.23. The summed E-state index contributed by atoms with van der Waals surface area (Å²) in [6.07, 6.45) is 0. The summed E-state index contributed by atoms with van der Waals surface area (Å²) in [6, 6.07) is 0. The molecule has 1 N–H and O–H groups in total. The minimum atomic E-state index is -0.757. The minimum Gasteiger partial charge on any atom is -0.502 e. The summed E-state index contributed by atoms with van der Waals surface area (Å²) >= 11 is 0. The van der Waals surface area contributed by atoms with Crippen molar-refractivity contribution in [1.29, 1.82) is 0 Å². The van der Waals surface area contributed by atoms with E-state index in [9.17, 15) is 4.79 Å². The molecule has 3 heteroatoms. The highest BCUT2D eigenvalue weighted by Gasteiger charge is 2.01. The van der Waals surface area contributed by atoms with E-state index in [1.165, 1.54) is 0 Å². The third-order valence-corrected chi connectivity index (χ3v) is 0.511. The summed E-state index contributed by atoms with van der Waals surface area (Å²) in [5.74, 6) is -1.31. The molecule has 0 aromatic rings. The SMILES string of the molecule is C=C(O)C(=O)OCC.[H+]. The van der Waals surface area contributed by atoms with Gasteiger partial charge in [0.25, 0.3) is 0 Å². The Balaban J connectivity index is 0. The van der Waals surface area contributed by atoms with Crippen LogP contribution in [0.4, 0.5) is 0 Å². The van der Waals surface area contributed by atoms with Gasteiger partial charge < -0.3 is 9.84 Å². The Morgan fingerprint density at radius 2 is 2.50 bits per heavy atom. The summed E-state index contributed by atoms with van der Waals surface area (Å²) in [7, 11) is 0. The molecule has 0 aromatic carbocycles. The average molecular weight is 117 g/mol. The second-order valence-corrected chi connectivity index (χ2v) is 1.17. The Morgan fingerprint density at radius 3 is 2.62 bits per heavy atom. The van der Waals surface area contributed by atoms with E-state index in [1.807, 2.05) is 0 Å². The zero-order valence-corrected chi connectivity index (χ0v) is 4.68. The van der Waals surface area contributed by atoms with Crippen LogP contribution >= 0.6 is 0 Å². The minimum absolute atomic E-state index is 0. The molecule has 0 atom stereocenters. The molecule has 0 rings (SSSR count). The molecule has 0 aliphatic carbocycles. The van der Waals surface area contributed by atoms with Gasteiger partial charge in [-0.2, -0.15) is 0 Å². The van der Waals surface area contributed by atoms with E-state index >= 15 is 0 Å². The van der Waals surface area contributed by atoms with Crippen LogP contribution in [-0.4, -0.2) is 17.7 Å². The van der Waals surface area contributed by atoms with Crippen molar-refractivity contribution in [2.24, 2.45) is 0 Å². The van der Waals surface area contributed by atoms with Crippen LogP contribution in [0.3, 0.4) is 0 Å². The van der Waals surface area contributed by atoms with Crippen LogP contribution in [-0.2, 0) is 9.53 Å². The van der Waals surface area contributed by atoms with Gasteiger partial charge in [-0.05, 0) is 13.5 Å². The standard InChI is InChI=1S/C5H8O3/c1-3-8-5(7)4(2)6/h6H,2-3H2,1H3/p+1. The summed E-state index contributed by atoms with van der Waals surface area (Å²) in [5, 5.41) is 8.28. The maximum atomic E-state index is 10.2. The van der Waals surface area contributed by atoms with Gasteiger partial charge in [0.05, 0.1) is 6.61 Å². The molecular weight excluding hydrogens is 108 g/mol. The molecule has 0 fully saturated rings. The topological polar surface area (TPSA) is 46.5 Å². The van der Waals surface area contributed by atoms with E-state index < -0.39 is 11.7 Å². The fourth-order valence-electron chi connectivity index (χ4n) is 0.214. The fourth-order valence-corrected chi connectivity index (χ4v) is 0.214. The van der Waals surface area contributed by atoms with Gasteiger partial charge in [-0.1, -0.05) is 0 Å². The first-order chi connectivity index (χ1) is 3.68. The zero-order valence-electron chi connectivity index (χ0n) is 5.68. The first-order valence-corrected chi connectivity index (χ1v) is 2.23. The molecule has 0 bridgehead atoms. The van der Waals surface area contributed by atoms with Crippen molar-refractivity contribution in [2.75, 3.05) is 6.61 Å². The zero-order chi connectivity index (χ0) is 6.57. The summed E-state index contributed by atoms with van der Waals surface area (Å²) < 4.78 is 4.31. The third kappa shape index (κ3) is 2.23. The maximum absolute atomic E-state index is 10.2. The molecule has 0 saturated carbocycles. The number of carbonyl (C=O) groups is 1. The van der Waals surface area contributed by atoms with Crippen molar-refractivity contribution in [3.05, 3.63) is 12.3 Å². The largest absolute Gasteiger partial charge is 1.00 e. The van der Waals surface area contributed by atoms with E-state index in [0.29, 0.717) is 0 Å². The van der Waals surface area contributed by atoms with E-state index in [2.05, 4.69) is 11.3 Å². The number of hydrogen-bond donors (Lipinski definition) is 1.